The Kier molecular flexibility index (Phi) is 4.47. The molecule has 1 aromatic rings. The summed E-state index contributed by atoms with van der Waals surface area (Å²) in [5.41, 5.74) is -0.940. The van der Waals surface area contributed by atoms with Crippen LogP contribution in [0.1, 0.15) is 5.69 Å². The van der Waals surface area contributed by atoms with Gasteiger partial charge in [-0.1, -0.05) is 12.1 Å². The molecule has 60 valence electrons. The molecule has 0 spiro atoms. The number of halogens is 3. The van der Waals surface area contributed by atoms with E-state index in [0.29, 0.717) is 0 Å². The molecule has 0 aromatic carbocycles. The molecule has 0 unspecified atom stereocenters. The van der Waals surface area contributed by atoms with E-state index >= 15 is 0 Å². The fraction of sp³-hybridized carbons (Fsp3) is 0.167. The average molecular weight is 201 g/mol. The Balaban J connectivity index is 0.00000121. The quantitative estimate of drug-likeness (QED) is 0.395. The summed E-state index contributed by atoms with van der Waals surface area (Å²) in [6, 6.07) is 2.17. The first-order valence-electron chi connectivity index (χ1n) is 2.70. The van der Waals surface area contributed by atoms with Gasteiger partial charge in [0.15, 0.2) is 0 Å². The van der Waals surface area contributed by atoms with Crippen LogP contribution in [-0.2, 0) is 18.8 Å². The van der Waals surface area contributed by atoms with Gasteiger partial charge in [0, 0.05) is 6.20 Å². The molecule has 1 rings (SSSR count). The first-order chi connectivity index (χ1) is 5.00. The first-order valence-corrected chi connectivity index (χ1v) is 3.11. The molecule has 1 aromatic heterocycles. The van der Waals surface area contributed by atoms with E-state index in [1.54, 1.807) is 0 Å². The predicted molar refractivity (Wildman–Crippen MR) is 34.9 cm³/mol. The van der Waals surface area contributed by atoms with E-state index in [2.05, 4.69) is 17.6 Å². The van der Waals surface area contributed by atoms with Crippen LogP contribution >= 0.6 is 0 Å². The van der Waals surface area contributed by atoms with Crippen molar-refractivity contribution >= 4 is 12.6 Å². The zero-order chi connectivity index (χ0) is 8.48. The third kappa shape index (κ3) is 3.26. The molecule has 0 amide bonds. The van der Waals surface area contributed by atoms with Gasteiger partial charge in [-0.05, 0) is 0 Å². The van der Waals surface area contributed by atoms with Crippen LogP contribution in [0, 0.1) is 0 Å². The van der Waals surface area contributed by atoms with Crippen molar-refractivity contribution in [2.24, 2.45) is 0 Å². The van der Waals surface area contributed by atoms with Gasteiger partial charge < -0.3 is 12.6 Å². The molecule has 0 bridgehead atoms. The second-order valence-corrected chi connectivity index (χ2v) is 2.35. The van der Waals surface area contributed by atoms with Gasteiger partial charge in [0.25, 0.3) is 0 Å². The number of nitrogens with zero attached hydrogens (tertiary/aromatic N) is 1. The van der Waals surface area contributed by atoms with E-state index in [4.69, 9.17) is 0 Å². The maximum atomic E-state index is 11.9. The molecule has 0 atom stereocenters. The van der Waals surface area contributed by atoms with Gasteiger partial charge in [0.2, 0.25) is 0 Å². The smallest absolute Gasteiger partial charge is 0.780 e. The normalized spacial score (nSPS) is 10.6. The van der Waals surface area contributed by atoms with Crippen LogP contribution in [0.25, 0.3) is 0 Å². The van der Waals surface area contributed by atoms with Gasteiger partial charge in [0.05, 0.1) is 0 Å². The Hall–Kier alpha value is 0.160. The number of pyridine rings is 1. The zero-order valence-electron chi connectivity index (χ0n) is 6.22. The molecule has 6 heteroatoms. The summed E-state index contributed by atoms with van der Waals surface area (Å²) in [5.74, 6) is 0. The fourth-order valence-corrected chi connectivity index (χ4v) is 0.739. The Morgan fingerprint density at radius 3 is 2.25 bits per heavy atom. The van der Waals surface area contributed by atoms with Crippen molar-refractivity contribution < 1.29 is 42.7 Å². The van der Waals surface area contributed by atoms with E-state index in [1.165, 1.54) is 6.07 Å². The summed E-state index contributed by atoms with van der Waals surface area (Å²) < 4.78 is 35.6. The zero-order valence-corrected chi connectivity index (χ0v) is 9.04. The summed E-state index contributed by atoms with van der Waals surface area (Å²) in [6.07, 6.45) is -3.35. The minimum Gasteiger partial charge on any atom is -0.780 e. The Morgan fingerprint density at radius 2 is 1.92 bits per heavy atom. The van der Waals surface area contributed by atoms with E-state index in [9.17, 15) is 13.2 Å². The maximum absolute atomic E-state index is 11.9. The van der Waals surface area contributed by atoms with Gasteiger partial charge >= 0.3 is 35.7 Å². The summed E-state index contributed by atoms with van der Waals surface area (Å²) in [6.45, 7) is 0. The Bertz CT molecular complexity index is 263. The monoisotopic (exact) mass is 201 g/mol. The van der Waals surface area contributed by atoms with Crippen molar-refractivity contribution in [1.82, 2.24) is 4.98 Å². The number of alkyl halides is 3. The van der Waals surface area contributed by atoms with Gasteiger partial charge in [-0.3, -0.25) is 4.98 Å². The summed E-state index contributed by atoms with van der Waals surface area (Å²) in [5, 5.41) is 0. The third-order valence-electron chi connectivity index (χ3n) is 1.02. The van der Waals surface area contributed by atoms with Crippen LogP contribution in [0.15, 0.2) is 23.2 Å². The number of aromatic nitrogens is 1. The standard InChI is InChI=1S/C6H4F3NS.Na/c7-6(8,9)5-3-4(11)1-2-10-5;/h1-3H,(H,10,11);/q;+1/p-1. The average Bonchev–Trinajstić information content (AvgIpc) is 1.86. The minimum atomic E-state index is -4.39. The minimum absolute atomic E-state index is 0. The largest absolute Gasteiger partial charge is 1.00 e. The van der Waals surface area contributed by atoms with Crippen molar-refractivity contribution in [3.8, 4) is 0 Å². The molecule has 12 heavy (non-hydrogen) atoms. The van der Waals surface area contributed by atoms with Gasteiger partial charge in [-0.15, -0.1) is 0 Å². The summed E-state index contributed by atoms with van der Waals surface area (Å²) >= 11 is 4.53. The molecule has 0 aliphatic carbocycles. The van der Waals surface area contributed by atoms with Crippen molar-refractivity contribution in [3.05, 3.63) is 24.0 Å². The topological polar surface area (TPSA) is 12.9 Å². The number of rotatable bonds is 0. The molecule has 0 radical (unpaired) electrons. The van der Waals surface area contributed by atoms with Crippen LogP contribution in [-0.4, -0.2) is 4.98 Å². The predicted octanol–water partition coefficient (Wildman–Crippen LogP) is -0.990. The SMILES string of the molecule is FC(F)(F)c1cc([S-])ccn1.[Na+]. The fourth-order valence-electron chi connectivity index (χ4n) is 0.566. The molecule has 0 fully saturated rings. The number of hydrogen-bond acceptors (Lipinski definition) is 2. The summed E-state index contributed by atoms with van der Waals surface area (Å²) in [4.78, 5) is 3.26. The Labute approximate surface area is 95.1 Å². The molecule has 0 saturated carbocycles. The maximum Gasteiger partial charge on any atom is 1.00 e. The van der Waals surface area contributed by atoms with Gasteiger partial charge in [-0.2, -0.15) is 18.1 Å². The number of hydrogen-bond donors (Lipinski definition) is 0. The van der Waals surface area contributed by atoms with Crippen molar-refractivity contribution in [1.29, 1.82) is 0 Å². The molecule has 0 aliphatic rings. The van der Waals surface area contributed by atoms with Crippen LogP contribution < -0.4 is 29.6 Å². The van der Waals surface area contributed by atoms with Crippen molar-refractivity contribution in [3.63, 3.8) is 0 Å². The first kappa shape index (κ1) is 12.2. The second-order valence-electron chi connectivity index (χ2n) is 1.87. The van der Waals surface area contributed by atoms with Crippen molar-refractivity contribution in [2.75, 3.05) is 0 Å². The molecule has 0 aliphatic heterocycles. The van der Waals surface area contributed by atoms with Crippen LogP contribution in [0.4, 0.5) is 13.2 Å². The van der Waals surface area contributed by atoms with E-state index in [1.807, 2.05) is 0 Å². The van der Waals surface area contributed by atoms with Crippen LogP contribution in [0.3, 0.4) is 0 Å². The Morgan fingerprint density at radius 1 is 1.33 bits per heavy atom. The van der Waals surface area contributed by atoms with Crippen molar-refractivity contribution in [2.45, 2.75) is 11.1 Å². The van der Waals surface area contributed by atoms with E-state index in [0.717, 1.165) is 12.3 Å². The van der Waals surface area contributed by atoms with E-state index < -0.39 is 11.9 Å². The van der Waals surface area contributed by atoms with Crippen LogP contribution in [0.2, 0.25) is 0 Å². The molecule has 1 heterocycles. The molecular weight excluding hydrogens is 198 g/mol. The second kappa shape index (κ2) is 4.41. The molecular formula is C6H3F3NNaS. The molecule has 1 nitrogen and oxygen atoms in total. The van der Waals surface area contributed by atoms with Gasteiger partial charge in [0.1, 0.15) is 5.69 Å². The molecule has 0 saturated heterocycles. The van der Waals surface area contributed by atoms with Crippen LogP contribution in [0.5, 0.6) is 0 Å². The third-order valence-corrected chi connectivity index (χ3v) is 1.28. The van der Waals surface area contributed by atoms with E-state index in [-0.39, 0.29) is 34.5 Å². The summed E-state index contributed by atoms with van der Waals surface area (Å²) in [7, 11) is 0. The molecule has 0 N–H and O–H groups in total. The van der Waals surface area contributed by atoms with Gasteiger partial charge in [-0.25, -0.2) is 0 Å².